The Morgan fingerprint density at radius 1 is 1.42 bits per heavy atom. The lowest BCUT2D eigenvalue weighted by Crippen LogP contribution is -2.22. The van der Waals surface area contributed by atoms with E-state index >= 15 is 0 Å². The molecule has 0 fully saturated rings. The number of hydrogen-bond donors (Lipinski definition) is 3. The molecule has 0 radical (unpaired) electrons. The van der Waals surface area contributed by atoms with Crippen LogP contribution >= 0.6 is 12.6 Å². The van der Waals surface area contributed by atoms with Crippen molar-refractivity contribution in [3.8, 4) is 0 Å². The first-order valence-corrected chi connectivity index (χ1v) is 3.87. The standard InChI is InChI=1S/C8H9NO2S/c10-7(9-8(11)12)6-4-2-1-3-5-6/h1-5,7,10H,(H2,9,11,12). The number of aliphatic hydroxyl groups excluding tert-OH is 1. The predicted molar refractivity (Wildman–Crippen MR) is 48.9 cm³/mol. The number of hydrogen-bond acceptors (Lipinski definition) is 2. The zero-order valence-electron chi connectivity index (χ0n) is 6.27. The Kier molecular flexibility index (Phi) is 3.13. The molecule has 0 spiro atoms. The molecule has 1 aromatic rings. The van der Waals surface area contributed by atoms with Crippen LogP contribution in [0.4, 0.5) is 4.79 Å². The van der Waals surface area contributed by atoms with Crippen LogP contribution in [-0.4, -0.2) is 10.3 Å². The van der Waals surface area contributed by atoms with Gasteiger partial charge in [0.05, 0.1) is 0 Å². The van der Waals surface area contributed by atoms with E-state index in [9.17, 15) is 9.90 Å². The number of amides is 1. The summed E-state index contributed by atoms with van der Waals surface area (Å²) in [6.07, 6.45) is -0.976. The molecule has 2 N–H and O–H groups in total. The molecular formula is C8H9NO2S. The Labute approximate surface area is 75.8 Å². The van der Waals surface area contributed by atoms with E-state index in [-0.39, 0.29) is 0 Å². The lowest BCUT2D eigenvalue weighted by Gasteiger charge is -2.10. The van der Waals surface area contributed by atoms with Crippen LogP contribution in [0.2, 0.25) is 0 Å². The predicted octanol–water partition coefficient (Wildman–Crippen LogP) is 1.32. The average Bonchev–Trinajstić information content (AvgIpc) is 2.05. The van der Waals surface area contributed by atoms with Crippen LogP contribution < -0.4 is 5.32 Å². The maximum Gasteiger partial charge on any atom is 0.278 e. The number of carbonyl (C=O) groups is 1. The molecule has 0 aliphatic rings. The molecule has 0 bridgehead atoms. The maximum atomic E-state index is 10.4. The summed E-state index contributed by atoms with van der Waals surface area (Å²) in [6, 6.07) is 8.83. The SMILES string of the molecule is O=C(S)NC(O)c1ccccc1. The van der Waals surface area contributed by atoms with Crippen LogP contribution in [0.25, 0.3) is 0 Å². The molecule has 0 aromatic heterocycles. The van der Waals surface area contributed by atoms with Gasteiger partial charge in [0.1, 0.15) is 0 Å². The highest BCUT2D eigenvalue weighted by molar-refractivity contribution is 7.96. The molecule has 0 aliphatic heterocycles. The molecule has 0 saturated carbocycles. The fraction of sp³-hybridized carbons (Fsp3) is 0.125. The Hall–Kier alpha value is -1.00. The van der Waals surface area contributed by atoms with Crippen molar-refractivity contribution in [2.45, 2.75) is 6.23 Å². The topological polar surface area (TPSA) is 49.3 Å². The number of thiol groups is 1. The lowest BCUT2D eigenvalue weighted by molar-refractivity contribution is 0.150. The largest absolute Gasteiger partial charge is 0.369 e. The molecule has 0 aliphatic carbocycles. The Morgan fingerprint density at radius 3 is 2.50 bits per heavy atom. The van der Waals surface area contributed by atoms with Gasteiger partial charge in [-0.2, -0.15) is 0 Å². The summed E-state index contributed by atoms with van der Waals surface area (Å²) in [7, 11) is 0. The summed E-state index contributed by atoms with van der Waals surface area (Å²) in [5.74, 6) is 0. The quantitative estimate of drug-likeness (QED) is 0.478. The Balaban J connectivity index is 2.65. The van der Waals surface area contributed by atoms with Gasteiger partial charge in [-0.1, -0.05) is 43.0 Å². The summed E-state index contributed by atoms with van der Waals surface area (Å²) in [6.45, 7) is 0. The number of carbonyl (C=O) groups excluding carboxylic acids is 1. The number of nitrogens with one attached hydrogen (secondary N) is 1. The van der Waals surface area contributed by atoms with E-state index in [2.05, 4.69) is 17.9 Å². The monoisotopic (exact) mass is 183 g/mol. The summed E-state index contributed by atoms with van der Waals surface area (Å²) < 4.78 is 0. The van der Waals surface area contributed by atoms with Crippen LogP contribution in [0.3, 0.4) is 0 Å². The van der Waals surface area contributed by atoms with E-state index in [1.54, 1.807) is 24.3 Å². The minimum Gasteiger partial charge on any atom is -0.369 e. The second kappa shape index (κ2) is 4.13. The van der Waals surface area contributed by atoms with E-state index in [1.807, 2.05) is 6.07 Å². The van der Waals surface area contributed by atoms with Gasteiger partial charge in [-0.15, -0.1) is 0 Å². The van der Waals surface area contributed by atoms with Crippen molar-refractivity contribution in [1.29, 1.82) is 0 Å². The third-order valence-corrected chi connectivity index (χ3v) is 1.50. The highest BCUT2D eigenvalue weighted by Gasteiger charge is 2.06. The molecule has 1 rings (SSSR count). The first-order valence-electron chi connectivity index (χ1n) is 3.42. The van der Waals surface area contributed by atoms with Crippen molar-refractivity contribution in [2.24, 2.45) is 0 Å². The summed E-state index contributed by atoms with van der Waals surface area (Å²) in [5.41, 5.74) is 0.639. The second-order valence-electron chi connectivity index (χ2n) is 2.26. The molecule has 1 amide bonds. The van der Waals surface area contributed by atoms with Gasteiger partial charge in [0.25, 0.3) is 5.24 Å². The molecule has 4 heteroatoms. The van der Waals surface area contributed by atoms with E-state index < -0.39 is 11.5 Å². The van der Waals surface area contributed by atoms with E-state index in [4.69, 9.17) is 0 Å². The molecular weight excluding hydrogens is 174 g/mol. The zero-order chi connectivity index (χ0) is 8.97. The van der Waals surface area contributed by atoms with Crippen molar-refractivity contribution in [3.05, 3.63) is 35.9 Å². The van der Waals surface area contributed by atoms with Gasteiger partial charge in [0.2, 0.25) is 0 Å². The van der Waals surface area contributed by atoms with Gasteiger partial charge in [-0.3, -0.25) is 4.79 Å². The highest BCUT2D eigenvalue weighted by atomic mass is 32.1. The second-order valence-corrected chi connectivity index (χ2v) is 2.67. The molecule has 0 heterocycles. The van der Waals surface area contributed by atoms with Crippen molar-refractivity contribution < 1.29 is 9.90 Å². The van der Waals surface area contributed by atoms with Crippen molar-refractivity contribution in [2.75, 3.05) is 0 Å². The summed E-state index contributed by atoms with van der Waals surface area (Å²) in [4.78, 5) is 10.4. The molecule has 12 heavy (non-hydrogen) atoms. The van der Waals surface area contributed by atoms with Crippen molar-refractivity contribution in [3.63, 3.8) is 0 Å². The summed E-state index contributed by atoms with van der Waals surface area (Å²) in [5, 5.41) is 11.0. The lowest BCUT2D eigenvalue weighted by atomic mass is 10.2. The van der Waals surface area contributed by atoms with E-state index in [0.29, 0.717) is 5.56 Å². The van der Waals surface area contributed by atoms with Gasteiger partial charge in [-0.25, -0.2) is 0 Å². The third-order valence-electron chi connectivity index (χ3n) is 1.38. The van der Waals surface area contributed by atoms with E-state index in [1.165, 1.54) is 0 Å². The third kappa shape index (κ3) is 2.56. The van der Waals surface area contributed by atoms with Crippen LogP contribution in [0.15, 0.2) is 30.3 Å². The zero-order valence-corrected chi connectivity index (χ0v) is 7.16. The average molecular weight is 183 g/mol. The van der Waals surface area contributed by atoms with Gasteiger partial charge in [-0.05, 0) is 0 Å². The number of benzene rings is 1. The van der Waals surface area contributed by atoms with Crippen LogP contribution in [0.5, 0.6) is 0 Å². The van der Waals surface area contributed by atoms with Crippen LogP contribution in [0, 0.1) is 0 Å². The fourth-order valence-corrected chi connectivity index (χ4v) is 0.958. The summed E-state index contributed by atoms with van der Waals surface area (Å²) >= 11 is 3.48. The van der Waals surface area contributed by atoms with Gasteiger partial charge in [0.15, 0.2) is 6.23 Å². The fourth-order valence-electron chi connectivity index (χ4n) is 0.836. The van der Waals surface area contributed by atoms with Crippen LogP contribution in [0.1, 0.15) is 11.8 Å². The van der Waals surface area contributed by atoms with Crippen molar-refractivity contribution >= 4 is 17.9 Å². The molecule has 64 valence electrons. The number of rotatable bonds is 2. The molecule has 3 nitrogen and oxygen atoms in total. The van der Waals surface area contributed by atoms with Gasteiger partial charge in [0, 0.05) is 5.56 Å². The van der Waals surface area contributed by atoms with Gasteiger partial charge >= 0.3 is 0 Å². The van der Waals surface area contributed by atoms with Crippen LogP contribution in [-0.2, 0) is 0 Å². The Bertz CT molecular complexity index is 263. The first-order chi connectivity index (χ1) is 5.70. The molecule has 1 aromatic carbocycles. The molecule has 0 saturated heterocycles. The van der Waals surface area contributed by atoms with E-state index in [0.717, 1.165) is 0 Å². The van der Waals surface area contributed by atoms with Gasteiger partial charge < -0.3 is 10.4 Å². The number of aliphatic hydroxyl groups is 1. The maximum absolute atomic E-state index is 10.4. The minimum absolute atomic E-state index is 0.550. The normalized spacial score (nSPS) is 12.2. The Morgan fingerprint density at radius 2 is 2.00 bits per heavy atom. The minimum atomic E-state index is -0.976. The smallest absolute Gasteiger partial charge is 0.278 e. The van der Waals surface area contributed by atoms with Crippen molar-refractivity contribution in [1.82, 2.24) is 5.32 Å². The highest BCUT2D eigenvalue weighted by Crippen LogP contribution is 2.08. The first kappa shape index (κ1) is 9.09. The molecule has 1 unspecified atom stereocenters. The molecule has 1 atom stereocenters.